The van der Waals surface area contributed by atoms with Gasteiger partial charge in [0.2, 0.25) is 10.0 Å². The lowest BCUT2D eigenvalue weighted by Gasteiger charge is -2.28. The highest BCUT2D eigenvalue weighted by molar-refractivity contribution is 7.89. The molecule has 0 radical (unpaired) electrons. The van der Waals surface area contributed by atoms with Crippen molar-refractivity contribution in [3.8, 4) is 6.07 Å². The van der Waals surface area contributed by atoms with E-state index >= 15 is 0 Å². The average molecular weight is 278 g/mol. The number of piperidine rings is 1. The minimum absolute atomic E-state index is 0.00563. The predicted molar refractivity (Wildman–Crippen MR) is 72.9 cm³/mol. The molecule has 1 aliphatic rings. The normalized spacial score (nSPS) is 18.1. The second-order valence-electron chi connectivity index (χ2n) is 4.80. The van der Waals surface area contributed by atoms with E-state index < -0.39 is 10.0 Å². The summed E-state index contributed by atoms with van der Waals surface area (Å²) in [5.41, 5.74) is 1.13. The van der Waals surface area contributed by atoms with Crippen molar-refractivity contribution in [1.29, 1.82) is 5.26 Å². The molecule has 102 valence electrons. The maximum atomic E-state index is 12.4. The van der Waals surface area contributed by atoms with Crippen LogP contribution in [0.4, 0.5) is 0 Å². The zero-order chi connectivity index (χ0) is 13.9. The Balaban J connectivity index is 2.16. The van der Waals surface area contributed by atoms with Crippen molar-refractivity contribution in [1.82, 2.24) is 4.31 Å². The fourth-order valence-electron chi connectivity index (χ4n) is 2.27. The van der Waals surface area contributed by atoms with Crippen LogP contribution < -0.4 is 0 Å². The molecule has 5 heteroatoms. The van der Waals surface area contributed by atoms with E-state index in [2.05, 4.69) is 6.07 Å². The minimum atomic E-state index is -3.39. The molecule has 0 amide bonds. The minimum Gasteiger partial charge on any atom is -0.207 e. The van der Waals surface area contributed by atoms with Crippen LogP contribution in [0.25, 0.3) is 0 Å². The summed E-state index contributed by atoms with van der Waals surface area (Å²) >= 11 is 0. The Labute approximate surface area is 114 Å². The van der Waals surface area contributed by atoms with Crippen LogP contribution in [0.1, 0.15) is 25.3 Å². The Kier molecular flexibility index (Phi) is 4.23. The quantitative estimate of drug-likeness (QED) is 0.851. The average Bonchev–Trinajstić information content (AvgIpc) is 2.47. The van der Waals surface area contributed by atoms with Crippen molar-refractivity contribution in [2.45, 2.75) is 31.1 Å². The van der Waals surface area contributed by atoms with Crippen molar-refractivity contribution in [2.75, 3.05) is 13.1 Å². The zero-order valence-electron chi connectivity index (χ0n) is 11.0. The van der Waals surface area contributed by atoms with Crippen LogP contribution in [0.5, 0.6) is 0 Å². The Morgan fingerprint density at radius 3 is 2.32 bits per heavy atom. The highest BCUT2D eigenvalue weighted by Crippen LogP contribution is 2.23. The predicted octanol–water partition coefficient (Wildman–Crippen LogP) is 2.17. The van der Waals surface area contributed by atoms with Gasteiger partial charge in [-0.2, -0.15) is 9.57 Å². The molecule has 1 aromatic carbocycles. The van der Waals surface area contributed by atoms with Gasteiger partial charge in [0.05, 0.1) is 11.0 Å². The van der Waals surface area contributed by atoms with Crippen molar-refractivity contribution >= 4 is 10.0 Å². The second-order valence-corrected chi connectivity index (χ2v) is 6.74. The summed E-state index contributed by atoms with van der Waals surface area (Å²) in [6.07, 6.45) is 2.15. The fraction of sp³-hybridized carbons (Fsp3) is 0.500. The third-order valence-electron chi connectivity index (χ3n) is 3.61. The molecule has 1 aliphatic heterocycles. The van der Waals surface area contributed by atoms with Crippen LogP contribution in [0.3, 0.4) is 0 Å². The maximum absolute atomic E-state index is 12.4. The first-order chi connectivity index (χ1) is 9.07. The summed E-state index contributed by atoms with van der Waals surface area (Å²) in [5.74, 6) is -0.00563. The molecule has 2 rings (SSSR count). The van der Waals surface area contributed by atoms with Gasteiger partial charge in [-0.1, -0.05) is 19.1 Å². The molecule has 1 heterocycles. The molecule has 0 N–H and O–H groups in total. The number of hydrogen-bond acceptors (Lipinski definition) is 3. The van der Waals surface area contributed by atoms with Gasteiger partial charge < -0.3 is 0 Å². The molecule has 1 aromatic rings. The Morgan fingerprint density at radius 2 is 1.84 bits per heavy atom. The fourth-order valence-corrected chi connectivity index (χ4v) is 3.74. The topological polar surface area (TPSA) is 61.2 Å². The highest BCUT2D eigenvalue weighted by Gasteiger charge is 2.29. The number of aryl methyl sites for hydroxylation is 1. The largest absolute Gasteiger partial charge is 0.243 e. The first-order valence-electron chi connectivity index (χ1n) is 6.56. The molecule has 1 fully saturated rings. The molecule has 1 saturated heterocycles. The van der Waals surface area contributed by atoms with Gasteiger partial charge in [-0.3, -0.25) is 0 Å². The molecule has 4 nitrogen and oxygen atoms in total. The smallest absolute Gasteiger partial charge is 0.207 e. The molecule has 0 atom stereocenters. The standard InChI is InChI=1S/C14H18N2O2S/c1-2-12-3-5-14(6-4-12)19(17,18)16-9-7-13(11-15)8-10-16/h3-6,13H,2,7-10H2,1H3. The van der Waals surface area contributed by atoms with Gasteiger partial charge in [-0.15, -0.1) is 0 Å². The van der Waals surface area contributed by atoms with Gasteiger partial charge in [-0.25, -0.2) is 8.42 Å². The third kappa shape index (κ3) is 2.96. The van der Waals surface area contributed by atoms with E-state index in [0.717, 1.165) is 12.0 Å². The number of sulfonamides is 1. The molecule has 19 heavy (non-hydrogen) atoms. The Morgan fingerprint density at radius 1 is 1.26 bits per heavy atom. The third-order valence-corrected chi connectivity index (χ3v) is 5.52. The van der Waals surface area contributed by atoms with E-state index in [1.807, 2.05) is 19.1 Å². The van der Waals surface area contributed by atoms with E-state index in [1.54, 1.807) is 12.1 Å². The summed E-state index contributed by atoms with van der Waals surface area (Å²) in [6.45, 7) is 2.92. The first-order valence-corrected chi connectivity index (χ1v) is 8.00. The van der Waals surface area contributed by atoms with Crippen LogP contribution in [-0.2, 0) is 16.4 Å². The lowest BCUT2D eigenvalue weighted by molar-refractivity contribution is 0.310. The number of rotatable bonds is 3. The summed E-state index contributed by atoms with van der Waals surface area (Å²) in [5, 5.41) is 8.84. The molecule has 0 bridgehead atoms. The monoisotopic (exact) mass is 278 g/mol. The van der Waals surface area contributed by atoms with Gasteiger partial charge in [0, 0.05) is 19.0 Å². The van der Waals surface area contributed by atoms with Crippen LogP contribution in [0.2, 0.25) is 0 Å². The maximum Gasteiger partial charge on any atom is 0.243 e. The molecular weight excluding hydrogens is 260 g/mol. The number of nitriles is 1. The lowest BCUT2D eigenvalue weighted by Crippen LogP contribution is -2.38. The highest BCUT2D eigenvalue weighted by atomic mass is 32.2. The Hall–Kier alpha value is -1.38. The van der Waals surface area contributed by atoms with Gasteiger partial charge in [-0.05, 0) is 37.0 Å². The van der Waals surface area contributed by atoms with Crippen molar-refractivity contribution < 1.29 is 8.42 Å². The summed E-state index contributed by atoms with van der Waals surface area (Å²) in [4.78, 5) is 0.347. The van der Waals surface area contributed by atoms with Crippen molar-refractivity contribution in [3.05, 3.63) is 29.8 Å². The van der Waals surface area contributed by atoms with Gasteiger partial charge in [0.1, 0.15) is 0 Å². The summed E-state index contributed by atoms with van der Waals surface area (Å²) < 4.78 is 26.3. The number of benzene rings is 1. The van der Waals surface area contributed by atoms with E-state index in [0.29, 0.717) is 30.8 Å². The molecule has 0 aromatic heterocycles. The van der Waals surface area contributed by atoms with Crippen LogP contribution in [-0.4, -0.2) is 25.8 Å². The molecule has 0 saturated carbocycles. The van der Waals surface area contributed by atoms with Crippen LogP contribution >= 0.6 is 0 Å². The summed E-state index contributed by atoms with van der Waals surface area (Å²) in [7, 11) is -3.39. The van der Waals surface area contributed by atoms with E-state index in [9.17, 15) is 8.42 Å². The SMILES string of the molecule is CCc1ccc(S(=O)(=O)N2CCC(C#N)CC2)cc1. The lowest BCUT2D eigenvalue weighted by atomic mass is 10.0. The van der Waals surface area contributed by atoms with Gasteiger partial charge in [0.25, 0.3) is 0 Å². The molecule has 0 aliphatic carbocycles. The summed E-state index contributed by atoms with van der Waals surface area (Å²) in [6, 6.07) is 9.26. The number of nitrogens with zero attached hydrogens (tertiary/aromatic N) is 2. The zero-order valence-corrected chi connectivity index (χ0v) is 11.9. The molecule has 0 spiro atoms. The van der Waals surface area contributed by atoms with Gasteiger partial charge in [0.15, 0.2) is 0 Å². The number of hydrogen-bond donors (Lipinski definition) is 0. The molecular formula is C14H18N2O2S. The van der Waals surface area contributed by atoms with Crippen molar-refractivity contribution in [2.24, 2.45) is 5.92 Å². The van der Waals surface area contributed by atoms with E-state index in [4.69, 9.17) is 5.26 Å². The van der Waals surface area contributed by atoms with Crippen molar-refractivity contribution in [3.63, 3.8) is 0 Å². The van der Waals surface area contributed by atoms with E-state index in [-0.39, 0.29) is 5.92 Å². The van der Waals surface area contributed by atoms with Crippen LogP contribution in [0, 0.1) is 17.2 Å². The van der Waals surface area contributed by atoms with Gasteiger partial charge >= 0.3 is 0 Å². The Bertz CT molecular complexity index is 564. The molecule has 0 unspecified atom stereocenters. The first kappa shape index (κ1) is 14.0. The second kappa shape index (κ2) is 5.72. The van der Waals surface area contributed by atoms with Crippen LogP contribution in [0.15, 0.2) is 29.2 Å². The van der Waals surface area contributed by atoms with E-state index in [1.165, 1.54) is 4.31 Å².